The average Bonchev–Trinajstić information content (AvgIpc) is 2.20. The van der Waals surface area contributed by atoms with Crippen LogP contribution in [0, 0.1) is 5.41 Å². The predicted molar refractivity (Wildman–Crippen MR) is 78.7 cm³/mol. The van der Waals surface area contributed by atoms with Crippen LogP contribution in [0.25, 0.3) is 0 Å². The molecule has 1 unspecified atom stereocenters. The van der Waals surface area contributed by atoms with Crippen LogP contribution in [0.4, 0.5) is 5.69 Å². The molecule has 17 heavy (non-hydrogen) atoms. The number of aromatic nitrogens is 1. The van der Waals surface area contributed by atoms with E-state index in [1.807, 2.05) is 6.07 Å². The van der Waals surface area contributed by atoms with Crippen LogP contribution in [0.2, 0.25) is 5.15 Å². The van der Waals surface area contributed by atoms with Crippen molar-refractivity contribution in [2.24, 2.45) is 5.41 Å². The maximum absolute atomic E-state index is 5.85. The monoisotopic (exact) mass is 318 g/mol. The molecule has 0 bridgehead atoms. The lowest BCUT2D eigenvalue weighted by Gasteiger charge is -2.22. The lowest BCUT2D eigenvalue weighted by molar-refractivity contribution is 0.357. The highest BCUT2D eigenvalue weighted by atomic mass is 79.9. The van der Waals surface area contributed by atoms with Crippen LogP contribution in [0.5, 0.6) is 0 Å². The van der Waals surface area contributed by atoms with E-state index in [4.69, 9.17) is 11.6 Å². The number of hydrogen-bond acceptors (Lipinski definition) is 2. The molecule has 0 spiro atoms. The molecule has 0 saturated carbocycles. The molecule has 2 nitrogen and oxygen atoms in total. The van der Waals surface area contributed by atoms with E-state index in [1.54, 1.807) is 6.20 Å². The third-order valence-electron chi connectivity index (χ3n) is 2.54. The zero-order valence-electron chi connectivity index (χ0n) is 10.8. The second kappa shape index (κ2) is 6.05. The van der Waals surface area contributed by atoms with Crippen molar-refractivity contribution < 1.29 is 0 Å². The Kier molecular flexibility index (Phi) is 5.26. The normalized spacial score (nSPS) is 13.5. The molecule has 0 aromatic carbocycles. The van der Waals surface area contributed by atoms with Crippen LogP contribution in [0.1, 0.15) is 40.5 Å². The lowest BCUT2D eigenvalue weighted by Crippen LogP contribution is -2.18. The van der Waals surface area contributed by atoms with Crippen LogP contribution in [0.3, 0.4) is 0 Å². The number of rotatable bonds is 4. The lowest BCUT2D eigenvalue weighted by atomic mass is 9.89. The molecule has 0 radical (unpaired) electrons. The maximum Gasteiger partial charge on any atom is 0.143 e. The smallest absolute Gasteiger partial charge is 0.143 e. The molecule has 1 heterocycles. The highest BCUT2D eigenvalue weighted by molar-refractivity contribution is 9.10. The predicted octanol–water partition coefficient (Wildman–Crippen LogP) is 5.12. The summed E-state index contributed by atoms with van der Waals surface area (Å²) in [6, 6.07) is 2.40. The van der Waals surface area contributed by atoms with Gasteiger partial charge < -0.3 is 5.32 Å². The zero-order chi connectivity index (χ0) is 13.1. The molecule has 1 rings (SSSR count). The average molecular weight is 320 g/mol. The van der Waals surface area contributed by atoms with Crippen LogP contribution in [-0.4, -0.2) is 11.0 Å². The van der Waals surface area contributed by atoms with E-state index < -0.39 is 0 Å². The Morgan fingerprint density at radius 2 is 2.12 bits per heavy atom. The molecular weight excluding hydrogens is 300 g/mol. The molecule has 0 aliphatic carbocycles. The SMILES string of the molecule is CC(CCC(C)(C)C)Nc1cnc(Cl)c(Br)c1. The van der Waals surface area contributed by atoms with E-state index in [-0.39, 0.29) is 0 Å². The summed E-state index contributed by atoms with van der Waals surface area (Å²) in [5.74, 6) is 0. The van der Waals surface area contributed by atoms with Crippen LogP contribution in [0.15, 0.2) is 16.7 Å². The van der Waals surface area contributed by atoms with Gasteiger partial charge in [0.2, 0.25) is 0 Å². The molecule has 96 valence electrons. The van der Waals surface area contributed by atoms with Crippen LogP contribution >= 0.6 is 27.5 Å². The minimum atomic E-state index is 0.384. The van der Waals surface area contributed by atoms with Gasteiger partial charge in [-0.3, -0.25) is 0 Å². The van der Waals surface area contributed by atoms with Gasteiger partial charge in [-0.25, -0.2) is 4.98 Å². The van der Waals surface area contributed by atoms with Gasteiger partial charge in [-0.15, -0.1) is 0 Å². The summed E-state index contributed by atoms with van der Waals surface area (Å²) in [6.45, 7) is 8.98. The fourth-order valence-electron chi connectivity index (χ4n) is 1.51. The van der Waals surface area contributed by atoms with E-state index in [9.17, 15) is 0 Å². The molecule has 1 aromatic heterocycles. The molecule has 1 N–H and O–H groups in total. The Morgan fingerprint density at radius 1 is 1.47 bits per heavy atom. The Hall–Kier alpha value is -0.280. The summed E-state index contributed by atoms with van der Waals surface area (Å²) in [7, 11) is 0. The van der Waals surface area contributed by atoms with Crippen molar-refractivity contribution >= 4 is 33.2 Å². The van der Waals surface area contributed by atoms with Gasteiger partial charge in [0.05, 0.1) is 16.4 Å². The molecule has 4 heteroatoms. The standard InChI is InChI=1S/C13H20BrClN2/c1-9(5-6-13(2,3)4)17-10-7-11(14)12(15)16-8-10/h7-9,17H,5-6H2,1-4H3. The number of hydrogen-bond donors (Lipinski definition) is 1. The minimum Gasteiger partial charge on any atom is -0.381 e. The second-order valence-corrected chi connectivity index (χ2v) is 6.85. The summed E-state index contributed by atoms with van der Waals surface area (Å²) >= 11 is 9.22. The van der Waals surface area contributed by atoms with Crippen molar-refractivity contribution in [3.05, 3.63) is 21.9 Å². The van der Waals surface area contributed by atoms with Crippen molar-refractivity contribution in [3.63, 3.8) is 0 Å². The van der Waals surface area contributed by atoms with Crippen LogP contribution in [-0.2, 0) is 0 Å². The first-order valence-corrected chi connectivity index (χ1v) is 7.02. The van der Waals surface area contributed by atoms with Gasteiger partial charge >= 0.3 is 0 Å². The van der Waals surface area contributed by atoms with Gasteiger partial charge in [-0.2, -0.15) is 0 Å². The molecule has 0 aliphatic rings. The van der Waals surface area contributed by atoms with Gasteiger partial charge in [0, 0.05) is 6.04 Å². The number of halogens is 2. The largest absolute Gasteiger partial charge is 0.381 e. The van der Waals surface area contributed by atoms with E-state index in [1.165, 1.54) is 6.42 Å². The summed E-state index contributed by atoms with van der Waals surface area (Å²) in [4.78, 5) is 4.10. The third-order valence-corrected chi connectivity index (χ3v) is 3.67. The van der Waals surface area contributed by atoms with E-state index >= 15 is 0 Å². The van der Waals surface area contributed by atoms with E-state index in [0.29, 0.717) is 16.6 Å². The van der Waals surface area contributed by atoms with Gasteiger partial charge in [0.1, 0.15) is 5.15 Å². The summed E-state index contributed by atoms with van der Waals surface area (Å²) < 4.78 is 0.826. The summed E-state index contributed by atoms with van der Waals surface area (Å²) in [6.07, 6.45) is 4.10. The van der Waals surface area contributed by atoms with Gasteiger partial charge in [-0.1, -0.05) is 32.4 Å². The number of anilines is 1. The minimum absolute atomic E-state index is 0.384. The first-order valence-electron chi connectivity index (χ1n) is 5.85. The Bertz CT molecular complexity index is 374. The van der Waals surface area contributed by atoms with Crippen molar-refractivity contribution in [1.82, 2.24) is 4.98 Å². The quantitative estimate of drug-likeness (QED) is 0.779. The zero-order valence-corrected chi connectivity index (χ0v) is 13.2. The molecule has 1 atom stereocenters. The fourth-order valence-corrected chi connectivity index (χ4v) is 1.96. The summed E-state index contributed by atoms with van der Waals surface area (Å²) in [5, 5.41) is 3.93. The maximum atomic E-state index is 5.85. The first kappa shape index (κ1) is 14.8. The van der Waals surface area contributed by atoms with Gasteiger partial charge in [0.25, 0.3) is 0 Å². The second-order valence-electron chi connectivity index (χ2n) is 5.64. The highest BCUT2D eigenvalue weighted by Crippen LogP contribution is 2.25. The van der Waals surface area contributed by atoms with Crippen molar-refractivity contribution in [2.45, 2.75) is 46.6 Å². The molecule has 1 aromatic rings. The molecule has 0 saturated heterocycles. The molecule has 0 aliphatic heterocycles. The number of pyridine rings is 1. The van der Waals surface area contributed by atoms with E-state index in [0.717, 1.165) is 16.6 Å². The first-order chi connectivity index (χ1) is 7.78. The Morgan fingerprint density at radius 3 is 2.65 bits per heavy atom. The van der Waals surface area contributed by atoms with E-state index in [2.05, 4.69) is 53.9 Å². The van der Waals surface area contributed by atoms with Crippen LogP contribution < -0.4 is 5.32 Å². The van der Waals surface area contributed by atoms with Crippen molar-refractivity contribution in [2.75, 3.05) is 5.32 Å². The fraction of sp³-hybridized carbons (Fsp3) is 0.615. The molecule has 0 fully saturated rings. The summed E-state index contributed by atoms with van der Waals surface area (Å²) in [5.41, 5.74) is 1.39. The van der Waals surface area contributed by atoms with Crippen molar-refractivity contribution in [3.8, 4) is 0 Å². The third kappa shape index (κ3) is 5.73. The highest BCUT2D eigenvalue weighted by Gasteiger charge is 2.12. The topological polar surface area (TPSA) is 24.9 Å². The Labute approximate surface area is 117 Å². The number of nitrogens with one attached hydrogen (secondary N) is 1. The molecule has 0 amide bonds. The Balaban J connectivity index is 2.50. The van der Waals surface area contributed by atoms with Crippen molar-refractivity contribution in [1.29, 1.82) is 0 Å². The van der Waals surface area contributed by atoms with Gasteiger partial charge in [-0.05, 0) is 47.2 Å². The van der Waals surface area contributed by atoms with Gasteiger partial charge in [0.15, 0.2) is 0 Å². The molecular formula is C13H20BrClN2. The number of nitrogens with zero attached hydrogens (tertiary/aromatic N) is 1.